The zero-order valence-electron chi connectivity index (χ0n) is 28.3. The van der Waals surface area contributed by atoms with Gasteiger partial charge in [0.25, 0.3) is 0 Å². The number of carbonyl (C=O) groups is 1. The number of hydrogen-bond acceptors (Lipinski definition) is 8. The maximum absolute atomic E-state index is 12.5. The van der Waals surface area contributed by atoms with Crippen molar-refractivity contribution in [2.75, 3.05) is 33.0 Å². The number of ether oxygens (including phenoxy) is 2. The van der Waals surface area contributed by atoms with Crippen molar-refractivity contribution in [3.05, 3.63) is 36.5 Å². The molecular weight excluding hydrogens is 595 g/mol. The summed E-state index contributed by atoms with van der Waals surface area (Å²) in [6.45, 7) is 3.34. The fourth-order valence-electron chi connectivity index (χ4n) is 4.43. The molecule has 0 heterocycles. The second-order valence-electron chi connectivity index (χ2n) is 11.5. The van der Waals surface area contributed by atoms with Crippen LogP contribution in [0, 0.1) is 0 Å². The lowest BCUT2D eigenvalue weighted by Crippen LogP contribution is -2.29. The Kier molecular flexibility index (Phi) is 31.7. The highest BCUT2D eigenvalue weighted by Gasteiger charge is 2.26. The fourth-order valence-corrected chi connectivity index (χ4v) is 5.22. The number of phosphoric acid groups is 1. The van der Waals surface area contributed by atoms with Gasteiger partial charge in [-0.2, -0.15) is 0 Å². The zero-order chi connectivity index (χ0) is 33.3. The van der Waals surface area contributed by atoms with Crippen LogP contribution in [0.1, 0.15) is 136 Å². The Labute approximate surface area is 274 Å². The lowest BCUT2D eigenvalue weighted by Gasteiger charge is -2.20. The van der Waals surface area contributed by atoms with Gasteiger partial charge >= 0.3 is 13.8 Å². The minimum atomic E-state index is -4.51. The number of allylic oxidation sites excluding steroid dienone is 6. The van der Waals surface area contributed by atoms with E-state index < -0.39 is 39.2 Å². The Bertz CT molecular complexity index is 800. The lowest BCUT2D eigenvalue weighted by atomic mass is 10.1. The fraction of sp³-hybridized carbons (Fsp3) is 0.800. The van der Waals surface area contributed by atoms with Crippen molar-refractivity contribution in [3.8, 4) is 0 Å². The first kappa shape index (κ1) is 43.7. The summed E-state index contributed by atoms with van der Waals surface area (Å²) in [5, 5.41) is 18.2. The normalized spacial score (nSPS) is 14.9. The summed E-state index contributed by atoms with van der Waals surface area (Å²) in [4.78, 5) is 22.4. The first-order valence-electron chi connectivity index (χ1n) is 17.5. The van der Waals surface area contributed by atoms with Gasteiger partial charge in [-0.05, 0) is 44.9 Å². The Morgan fingerprint density at radius 3 is 1.91 bits per heavy atom. The molecule has 10 heteroatoms. The third kappa shape index (κ3) is 32.4. The van der Waals surface area contributed by atoms with Crippen molar-refractivity contribution in [1.82, 2.24) is 0 Å². The van der Waals surface area contributed by atoms with Crippen molar-refractivity contribution in [2.45, 2.75) is 148 Å². The highest BCUT2D eigenvalue weighted by atomic mass is 31.2. The largest absolute Gasteiger partial charge is 0.472 e. The molecular formula is C35H65O9P. The number of aliphatic hydroxyl groups is 2. The number of hydrogen-bond donors (Lipinski definition) is 3. The van der Waals surface area contributed by atoms with E-state index in [1.54, 1.807) is 0 Å². The Hall–Kier alpha value is -1.32. The SMILES string of the molecule is CC/C=C\C/C=C\C/C=C\CCCCCCCC(=O)OC(COCCCCCCCCCCC)COP(=O)(O)OCC(O)CO. The van der Waals surface area contributed by atoms with Crippen LogP contribution in [0.2, 0.25) is 0 Å². The second-order valence-corrected chi connectivity index (χ2v) is 13.0. The van der Waals surface area contributed by atoms with Gasteiger partial charge in [0.15, 0.2) is 0 Å². The van der Waals surface area contributed by atoms with Gasteiger partial charge in [-0.1, -0.05) is 121 Å². The van der Waals surface area contributed by atoms with E-state index in [1.165, 1.54) is 38.5 Å². The number of aliphatic hydroxyl groups excluding tert-OH is 2. The van der Waals surface area contributed by atoms with Crippen molar-refractivity contribution in [2.24, 2.45) is 0 Å². The van der Waals surface area contributed by atoms with Gasteiger partial charge in [0.2, 0.25) is 0 Å². The molecule has 0 amide bonds. The van der Waals surface area contributed by atoms with Gasteiger partial charge in [0.05, 0.1) is 26.4 Å². The van der Waals surface area contributed by atoms with Crippen LogP contribution in [0.25, 0.3) is 0 Å². The van der Waals surface area contributed by atoms with Gasteiger partial charge in [0, 0.05) is 13.0 Å². The van der Waals surface area contributed by atoms with Gasteiger partial charge < -0.3 is 24.6 Å². The molecule has 9 nitrogen and oxygen atoms in total. The van der Waals surface area contributed by atoms with Crippen LogP contribution in [0.3, 0.4) is 0 Å². The minimum absolute atomic E-state index is 0.0429. The van der Waals surface area contributed by atoms with Crippen LogP contribution in [0.5, 0.6) is 0 Å². The molecule has 0 fully saturated rings. The molecule has 0 aliphatic carbocycles. The zero-order valence-corrected chi connectivity index (χ0v) is 29.2. The van der Waals surface area contributed by atoms with Crippen molar-refractivity contribution < 1.29 is 43.0 Å². The summed E-state index contributed by atoms with van der Waals surface area (Å²) in [5.74, 6) is -0.402. The van der Waals surface area contributed by atoms with Gasteiger partial charge in [-0.15, -0.1) is 0 Å². The molecule has 0 aromatic rings. The van der Waals surface area contributed by atoms with Crippen LogP contribution in [-0.2, 0) is 27.9 Å². The smallest absolute Gasteiger partial charge is 0.457 e. The molecule has 3 N–H and O–H groups in total. The van der Waals surface area contributed by atoms with E-state index in [4.69, 9.17) is 23.6 Å². The molecule has 45 heavy (non-hydrogen) atoms. The summed E-state index contributed by atoms with van der Waals surface area (Å²) in [6, 6.07) is 0. The van der Waals surface area contributed by atoms with Crippen molar-refractivity contribution in [1.29, 1.82) is 0 Å². The van der Waals surface area contributed by atoms with Gasteiger partial charge in [0.1, 0.15) is 12.2 Å². The van der Waals surface area contributed by atoms with Crippen LogP contribution in [-0.4, -0.2) is 66.3 Å². The predicted molar refractivity (Wildman–Crippen MR) is 182 cm³/mol. The number of rotatable bonds is 33. The number of unbranched alkanes of at least 4 members (excludes halogenated alkanes) is 13. The molecule has 3 atom stereocenters. The van der Waals surface area contributed by atoms with Crippen molar-refractivity contribution >= 4 is 13.8 Å². The molecule has 0 saturated carbocycles. The van der Waals surface area contributed by atoms with Crippen LogP contribution < -0.4 is 0 Å². The second kappa shape index (κ2) is 32.6. The number of esters is 1. The van der Waals surface area contributed by atoms with E-state index in [0.29, 0.717) is 13.0 Å². The monoisotopic (exact) mass is 660 g/mol. The lowest BCUT2D eigenvalue weighted by molar-refractivity contribution is -0.154. The molecule has 0 radical (unpaired) electrons. The highest BCUT2D eigenvalue weighted by Crippen LogP contribution is 2.43. The molecule has 0 aromatic carbocycles. The van der Waals surface area contributed by atoms with Crippen LogP contribution in [0.15, 0.2) is 36.5 Å². The third-order valence-corrected chi connectivity index (χ3v) is 8.04. The first-order valence-corrected chi connectivity index (χ1v) is 19.0. The van der Waals surface area contributed by atoms with Gasteiger partial charge in [-0.3, -0.25) is 13.8 Å². The minimum Gasteiger partial charge on any atom is -0.457 e. The third-order valence-electron chi connectivity index (χ3n) is 7.09. The van der Waals surface area contributed by atoms with E-state index in [2.05, 4.69) is 50.3 Å². The first-order chi connectivity index (χ1) is 21.8. The van der Waals surface area contributed by atoms with Crippen LogP contribution >= 0.6 is 7.82 Å². The molecule has 0 aliphatic rings. The van der Waals surface area contributed by atoms with E-state index >= 15 is 0 Å². The Morgan fingerprint density at radius 1 is 0.711 bits per heavy atom. The predicted octanol–water partition coefficient (Wildman–Crippen LogP) is 8.52. The average molecular weight is 661 g/mol. The highest BCUT2D eigenvalue weighted by molar-refractivity contribution is 7.47. The average Bonchev–Trinajstić information content (AvgIpc) is 3.03. The molecule has 0 rings (SSSR count). The molecule has 0 aromatic heterocycles. The van der Waals surface area contributed by atoms with E-state index in [0.717, 1.165) is 70.6 Å². The van der Waals surface area contributed by atoms with E-state index in [9.17, 15) is 19.4 Å². The van der Waals surface area contributed by atoms with Crippen molar-refractivity contribution in [3.63, 3.8) is 0 Å². The van der Waals surface area contributed by atoms with E-state index in [-0.39, 0.29) is 19.6 Å². The van der Waals surface area contributed by atoms with Crippen LogP contribution in [0.4, 0.5) is 0 Å². The molecule has 0 bridgehead atoms. The summed E-state index contributed by atoms with van der Waals surface area (Å²) in [5.41, 5.74) is 0. The molecule has 3 unspecified atom stereocenters. The molecule has 264 valence electrons. The Balaban J connectivity index is 4.29. The molecule has 0 spiro atoms. The summed E-state index contributed by atoms with van der Waals surface area (Å²) in [6.07, 6.45) is 31.0. The molecule has 0 aliphatic heterocycles. The quantitative estimate of drug-likeness (QED) is 0.0274. The summed E-state index contributed by atoms with van der Waals surface area (Å²) >= 11 is 0. The summed E-state index contributed by atoms with van der Waals surface area (Å²) < 4.78 is 33.1. The standard InChI is InChI=1S/C35H65O9P/c1-3-5-7-9-11-13-14-15-16-17-18-19-21-23-25-27-35(38)44-34(32-43-45(39,40)42-30-33(37)29-36)31-41-28-26-24-22-20-12-10-8-6-4-2/h5,7,11,13,15-16,33-34,36-37H,3-4,6,8-10,12,14,17-32H2,1-2H3,(H,39,40)/b7-5-,13-11-,16-15-. The maximum atomic E-state index is 12.5. The number of phosphoric ester groups is 1. The van der Waals surface area contributed by atoms with Gasteiger partial charge in [-0.25, -0.2) is 4.57 Å². The number of carbonyl (C=O) groups excluding carboxylic acids is 1. The topological polar surface area (TPSA) is 132 Å². The summed E-state index contributed by atoms with van der Waals surface area (Å²) in [7, 11) is -4.51. The molecule has 0 saturated heterocycles. The van der Waals surface area contributed by atoms with E-state index in [1.807, 2.05) is 0 Å². The Morgan fingerprint density at radius 2 is 1.27 bits per heavy atom. The maximum Gasteiger partial charge on any atom is 0.472 e.